The van der Waals surface area contributed by atoms with Gasteiger partial charge in [0.05, 0.1) is 26.2 Å². The number of hydrogen-bond acceptors (Lipinski definition) is 6. The number of alkyl halides is 4. The Balaban J connectivity index is 1.27. The lowest BCUT2D eigenvalue weighted by atomic mass is 9.77. The highest BCUT2D eigenvalue weighted by atomic mass is 19.3. The second-order valence-corrected chi connectivity index (χ2v) is 9.06. The number of hydrogen-bond donors (Lipinski definition) is 0. The molecule has 36 heavy (non-hydrogen) atoms. The highest BCUT2D eigenvalue weighted by molar-refractivity contribution is 5.92. The molecule has 194 valence electrons. The maximum Gasteiger partial charge on any atom is 0.316 e. The molecule has 1 saturated carbocycles. The third-order valence-corrected chi connectivity index (χ3v) is 7.03. The summed E-state index contributed by atoms with van der Waals surface area (Å²) in [6.07, 6.45) is -1.14. The van der Waals surface area contributed by atoms with Crippen LogP contribution in [0.1, 0.15) is 28.9 Å². The number of pyridine rings is 1. The van der Waals surface area contributed by atoms with Crippen LogP contribution in [0.15, 0.2) is 36.4 Å². The van der Waals surface area contributed by atoms with Crippen LogP contribution in [0.2, 0.25) is 0 Å². The molecule has 1 aromatic carbocycles. The summed E-state index contributed by atoms with van der Waals surface area (Å²) in [5.41, 5.74) is -0.229. The zero-order valence-electron chi connectivity index (χ0n) is 19.2. The number of rotatable bonds is 6. The Morgan fingerprint density at radius 3 is 2.72 bits per heavy atom. The molecular weight excluding hydrogens is 491 g/mol. The lowest BCUT2D eigenvalue weighted by Crippen LogP contribution is -2.60. The molecule has 2 saturated heterocycles. The highest BCUT2D eigenvalue weighted by Crippen LogP contribution is 2.55. The first-order chi connectivity index (χ1) is 17.1. The van der Waals surface area contributed by atoms with Crippen molar-refractivity contribution in [2.45, 2.75) is 36.4 Å². The summed E-state index contributed by atoms with van der Waals surface area (Å²) in [6, 6.07) is 8.74. The van der Waals surface area contributed by atoms with Crippen molar-refractivity contribution in [3.63, 3.8) is 0 Å². The van der Waals surface area contributed by atoms with Crippen molar-refractivity contribution in [3.8, 4) is 11.6 Å². The van der Waals surface area contributed by atoms with Crippen molar-refractivity contribution in [2.24, 2.45) is 5.92 Å². The number of likely N-dealkylation sites (tertiary alicyclic amines) is 1. The lowest BCUT2D eigenvalue weighted by molar-refractivity contribution is -0.317. The Hall–Kier alpha value is -2.99. The quantitative estimate of drug-likeness (QED) is 0.543. The third-order valence-electron chi connectivity index (χ3n) is 7.03. The number of carbonyl (C=O) groups excluding carboxylic acids is 1. The van der Waals surface area contributed by atoms with Crippen LogP contribution in [-0.2, 0) is 15.1 Å². The predicted octanol–water partition coefficient (Wildman–Crippen LogP) is 4.01. The van der Waals surface area contributed by atoms with E-state index < -0.39 is 54.2 Å². The van der Waals surface area contributed by atoms with E-state index in [2.05, 4.69) is 4.98 Å². The van der Waals surface area contributed by atoms with Crippen LogP contribution < -0.4 is 9.47 Å². The minimum absolute atomic E-state index is 0.00723. The summed E-state index contributed by atoms with van der Waals surface area (Å²) in [6.45, 7) is -0.195. The van der Waals surface area contributed by atoms with Crippen LogP contribution in [0.3, 0.4) is 0 Å². The minimum atomic E-state index is -4.15. The molecule has 0 spiro atoms. The van der Waals surface area contributed by atoms with Gasteiger partial charge in [-0.1, -0.05) is 12.1 Å². The fourth-order valence-corrected chi connectivity index (χ4v) is 4.88. The first kappa shape index (κ1) is 24.7. The van der Waals surface area contributed by atoms with Crippen molar-refractivity contribution >= 4 is 5.91 Å². The van der Waals surface area contributed by atoms with Crippen LogP contribution in [0.4, 0.5) is 22.0 Å². The van der Waals surface area contributed by atoms with E-state index >= 15 is 0 Å². The summed E-state index contributed by atoms with van der Waals surface area (Å²) >= 11 is 0. The molecule has 1 aromatic heterocycles. The van der Waals surface area contributed by atoms with Crippen molar-refractivity contribution in [2.75, 3.05) is 33.6 Å². The molecule has 3 heterocycles. The van der Waals surface area contributed by atoms with Gasteiger partial charge in [0.1, 0.15) is 30.0 Å². The lowest BCUT2D eigenvalue weighted by Gasteiger charge is -2.43. The van der Waals surface area contributed by atoms with E-state index in [0.717, 1.165) is 0 Å². The number of methoxy groups -OCH3 is 1. The molecule has 0 bridgehead atoms. The Labute approximate surface area is 203 Å². The molecule has 2 aromatic rings. The number of benzene rings is 1. The Bertz CT molecular complexity index is 1170. The van der Waals surface area contributed by atoms with Gasteiger partial charge in [0, 0.05) is 19.4 Å². The normalized spacial score (nSPS) is 28.2. The number of aromatic nitrogens is 1. The average molecular weight is 514 g/mol. The molecule has 0 N–H and O–H groups in total. The van der Waals surface area contributed by atoms with Crippen molar-refractivity contribution in [3.05, 3.63) is 53.5 Å². The molecule has 12 heteroatoms. The maximum atomic E-state index is 13.8. The van der Waals surface area contributed by atoms with Gasteiger partial charge in [-0.3, -0.25) is 4.79 Å². The van der Waals surface area contributed by atoms with E-state index in [0.29, 0.717) is 12.0 Å². The second-order valence-electron chi connectivity index (χ2n) is 9.06. The zero-order chi connectivity index (χ0) is 25.7. The van der Waals surface area contributed by atoms with E-state index in [1.165, 1.54) is 36.3 Å². The smallest absolute Gasteiger partial charge is 0.316 e. The van der Waals surface area contributed by atoms with Gasteiger partial charge < -0.3 is 23.8 Å². The number of nitrogens with zero attached hydrogens (tertiary/aromatic N) is 2. The number of ether oxygens (including phenoxy) is 4. The Kier molecular flexibility index (Phi) is 6.06. The molecule has 1 amide bonds. The number of fused-ring (bicyclic) bond motifs is 1. The number of piperidine rings is 1. The molecule has 3 aliphatic rings. The van der Waals surface area contributed by atoms with Gasteiger partial charge in [0.2, 0.25) is 0 Å². The molecule has 7 nitrogen and oxygen atoms in total. The van der Waals surface area contributed by atoms with Crippen LogP contribution in [0.25, 0.3) is 0 Å². The second kappa shape index (κ2) is 8.84. The highest BCUT2D eigenvalue weighted by Gasteiger charge is 2.71. The average Bonchev–Trinajstić information content (AvgIpc) is 3.30. The van der Waals surface area contributed by atoms with Crippen LogP contribution in [0.5, 0.6) is 11.6 Å². The van der Waals surface area contributed by atoms with Gasteiger partial charge in [-0.15, -0.1) is 0 Å². The third kappa shape index (κ3) is 3.96. The molecule has 3 unspecified atom stereocenters. The molecule has 0 radical (unpaired) electrons. The first-order valence-corrected chi connectivity index (χ1v) is 11.3. The van der Waals surface area contributed by atoms with Crippen molar-refractivity contribution in [1.29, 1.82) is 0 Å². The summed E-state index contributed by atoms with van der Waals surface area (Å²) in [5, 5.41) is 0. The Morgan fingerprint density at radius 1 is 1.22 bits per heavy atom. The van der Waals surface area contributed by atoms with Crippen molar-refractivity contribution < 1.29 is 45.7 Å². The predicted molar refractivity (Wildman–Crippen MR) is 114 cm³/mol. The molecule has 2 aliphatic heterocycles. The van der Waals surface area contributed by atoms with Crippen molar-refractivity contribution in [1.82, 2.24) is 9.88 Å². The molecule has 3 fully saturated rings. The summed E-state index contributed by atoms with van der Waals surface area (Å²) in [5.74, 6) is -10.9. The number of halogens is 5. The van der Waals surface area contributed by atoms with Gasteiger partial charge >= 0.3 is 11.8 Å². The fourth-order valence-electron chi connectivity index (χ4n) is 4.88. The van der Waals surface area contributed by atoms with Gasteiger partial charge in [0.25, 0.3) is 11.8 Å². The SMILES string of the molecule is COc1nc(C(=O)N2CCC3(c4cccc(F)c4)OCOC3C2)ccc1OCC1CC(F)(F)C1(F)F. The summed E-state index contributed by atoms with van der Waals surface area (Å²) < 4.78 is 89.0. The van der Waals surface area contributed by atoms with Gasteiger partial charge in [0.15, 0.2) is 5.75 Å². The van der Waals surface area contributed by atoms with E-state index in [4.69, 9.17) is 18.9 Å². The maximum absolute atomic E-state index is 13.8. The van der Waals surface area contributed by atoms with Crippen LogP contribution in [0, 0.1) is 11.7 Å². The van der Waals surface area contributed by atoms with E-state index in [-0.39, 0.29) is 37.2 Å². The van der Waals surface area contributed by atoms with Gasteiger partial charge in [-0.25, -0.2) is 9.37 Å². The monoisotopic (exact) mass is 514 g/mol. The van der Waals surface area contributed by atoms with Crippen LogP contribution >= 0.6 is 0 Å². The Morgan fingerprint density at radius 2 is 2.03 bits per heavy atom. The topological polar surface area (TPSA) is 70.1 Å². The standard InChI is InChI=1S/C24H23F5N2O5/c1-33-20-18(34-12-15-10-23(26,27)24(15,28)29)6-5-17(30-20)21(32)31-8-7-22(19(11-31)35-13-36-22)14-3-2-4-16(25)9-14/h2-6,9,15,19H,7-8,10-13H2,1H3. The number of carbonyl (C=O) groups is 1. The van der Waals surface area contributed by atoms with Gasteiger partial charge in [-0.05, 0) is 29.8 Å². The molecule has 1 aliphatic carbocycles. The van der Waals surface area contributed by atoms with E-state index in [1.807, 2.05) is 0 Å². The number of amides is 1. The van der Waals surface area contributed by atoms with E-state index in [9.17, 15) is 26.7 Å². The van der Waals surface area contributed by atoms with Gasteiger partial charge in [-0.2, -0.15) is 17.6 Å². The molecular formula is C24H23F5N2O5. The minimum Gasteiger partial charge on any atom is -0.487 e. The fraction of sp³-hybridized carbons (Fsp3) is 0.500. The van der Waals surface area contributed by atoms with E-state index in [1.54, 1.807) is 12.1 Å². The molecule has 5 rings (SSSR count). The van der Waals surface area contributed by atoms with Crippen LogP contribution in [-0.4, -0.2) is 67.3 Å². The summed E-state index contributed by atoms with van der Waals surface area (Å²) in [4.78, 5) is 18.8. The summed E-state index contributed by atoms with van der Waals surface area (Å²) in [7, 11) is 1.26. The zero-order valence-corrected chi connectivity index (χ0v) is 19.2. The largest absolute Gasteiger partial charge is 0.487 e. The first-order valence-electron chi connectivity index (χ1n) is 11.3. The molecule has 3 atom stereocenters.